The van der Waals surface area contributed by atoms with Crippen LogP contribution in [0, 0.1) is 18.6 Å². The van der Waals surface area contributed by atoms with Gasteiger partial charge in [0.15, 0.2) is 5.82 Å². The van der Waals surface area contributed by atoms with Crippen molar-refractivity contribution in [2.75, 3.05) is 49.6 Å². The quantitative estimate of drug-likeness (QED) is 0.325. The first-order valence-electron chi connectivity index (χ1n) is 13.5. The van der Waals surface area contributed by atoms with E-state index in [-0.39, 0.29) is 38.5 Å². The van der Waals surface area contributed by atoms with Gasteiger partial charge in [-0.15, -0.1) is 0 Å². The molecule has 44 heavy (non-hydrogen) atoms. The number of rotatable bonds is 5. The zero-order chi connectivity index (χ0) is 32.7. The van der Waals surface area contributed by atoms with Crippen LogP contribution in [-0.2, 0) is 20.4 Å². The van der Waals surface area contributed by atoms with E-state index in [4.69, 9.17) is 21.1 Å². The van der Waals surface area contributed by atoms with Crippen molar-refractivity contribution in [3.8, 4) is 0 Å². The van der Waals surface area contributed by atoms with Crippen molar-refractivity contribution in [2.45, 2.75) is 51.6 Å². The summed E-state index contributed by atoms with van der Waals surface area (Å²) in [6.45, 7) is 6.35. The lowest BCUT2D eigenvalue weighted by Gasteiger charge is -2.35. The number of amides is 4. The van der Waals surface area contributed by atoms with Gasteiger partial charge in [-0.25, -0.2) is 23.4 Å². The summed E-state index contributed by atoms with van der Waals surface area (Å²) in [5.41, 5.74) is -2.32. The van der Waals surface area contributed by atoms with Gasteiger partial charge in [0.05, 0.1) is 43.6 Å². The van der Waals surface area contributed by atoms with E-state index in [0.717, 1.165) is 35.0 Å². The van der Waals surface area contributed by atoms with Gasteiger partial charge in [0.25, 0.3) is 5.91 Å². The Kier molecular flexibility index (Phi) is 9.31. The van der Waals surface area contributed by atoms with Crippen LogP contribution in [-0.4, -0.2) is 90.4 Å². The van der Waals surface area contributed by atoms with Crippen LogP contribution in [0.5, 0.6) is 0 Å². The fraction of sp³-hybridized carbons (Fsp3) is 0.500. The van der Waals surface area contributed by atoms with Crippen LogP contribution >= 0.6 is 11.6 Å². The average molecular weight is 648 g/mol. The van der Waals surface area contributed by atoms with Gasteiger partial charge in [0, 0.05) is 19.3 Å². The van der Waals surface area contributed by atoms with Gasteiger partial charge in [-0.3, -0.25) is 9.69 Å². The Bertz CT molecular complexity index is 1450. The molecule has 0 spiro atoms. The van der Waals surface area contributed by atoms with Crippen LogP contribution < -0.4 is 9.80 Å². The fourth-order valence-corrected chi connectivity index (χ4v) is 5.04. The van der Waals surface area contributed by atoms with Gasteiger partial charge in [-0.2, -0.15) is 13.2 Å². The summed E-state index contributed by atoms with van der Waals surface area (Å²) in [6, 6.07) is 0.923. The van der Waals surface area contributed by atoms with E-state index < -0.39 is 75.7 Å². The number of urea groups is 1. The Hall–Kier alpha value is -3.72. The molecule has 0 N–H and O–H groups in total. The number of benzene rings is 1. The highest BCUT2D eigenvalue weighted by Gasteiger charge is 2.46. The minimum absolute atomic E-state index is 0.0391. The van der Waals surface area contributed by atoms with E-state index in [9.17, 15) is 36.3 Å². The van der Waals surface area contributed by atoms with E-state index in [1.54, 1.807) is 20.8 Å². The summed E-state index contributed by atoms with van der Waals surface area (Å²) < 4.78 is 80.8. The number of hydrogen-bond acceptors (Lipinski definition) is 6. The van der Waals surface area contributed by atoms with Crippen molar-refractivity contribution in [3.63, 3.8) is 0 Å². The van der Waals surface area contributed by atoms with Crippen molar-refractivity contribution < 1.29 is 45.8 Å². The van der Waals surface area contributed by atoms with E-state index in [1.165, 1.54) is 16.7 Å². The molecule has 4 amide bonds. The van der Waals surface area contributed by atoms with E-state index >= 15 is 0 Å². The molecule has 16 heteroatoms. The lowest BCUT2D eigenvalue weighted by molar-refractivity contribution is -0.137. The van der Waals surface area contributed by atoms with E-state index in [1.807, 2.05) is 0 Å². The summed E-state index contributed by atoms with van der Waals surface area (Å²) in [6.07, 6.45) is -6.09. The number of aromatic nitrogens is 1. The lowest BCUT2D eigenvalue weighted by Crippen LogP contribution is -2.51. The molecule has 2 atom stereocenters. The van der Waals surface area contributed by atoms with Crippen LogP contribution in [0.15, 0.2) is 24.3 Å². The highest BCUT2D eigenvalue weighted by Crippen LogP contribution is 2.35. The molecule has 2 aromatic rings. The van der Waals surface area contributed by atoms with Crippen molar-refractivity contribution in [1.29, 1.82) is 0 Å². The average Bonchev–Trinajstić information content (AvgIpc) is 3.25. The molecule has 10 nitrogen and oxygen atoms in total. The van der Waals surface area contributed by atoms with Gasteiger partial charge < -0.3 is 24.2 Å². The topological polar surface area (TPSA) is 95.5 Å². The van der Waals surface area contributed by atoms with Crippen molar-refractivity contribution in [2.24, 2.45) is 0 Å². The molecule has 2 saturated heterocycles. The molecule has 0 radical (unpaired) electrons. The molecule has 3 heterocycles. The third kappa shape index (κ3) is 7.15. The summed E-state index contributed by atoms with van der Waals surface area (Å²) >= 11 is 5.69. The van der Waals surface area contributed by atoms with Crippen molar-refractivity contribution >= 4 is 41.1 Å². The standard InChI is InChI=1S/C28H31ClF5N5O5/c1-15-10-16(28(32,33)34)11-21(35-15)39-20(24(40)36(5)19-7-6-18(30)22(29)23(19)31)14-38(25(39)41)13-17-12-37(8-9-43-17)26(42)44-27(2,3)4/h6-7,10-11,17,20H,8-9,12-14H2,1-5H3/t17?,20-/m0/s1. The third-order valence-corrected chi connectivity index (χ3v) is 7.25. The van der Waals surface area contributed by atoms with E-state index in [0.29, 0.717) is 6.07 Å². The van der Waals surface area contributed by atoms with Crippen molar-refractivity contribution in [1.82, 2.24) is 14.8 Å². The Labute approximate surface area is 255 Å². The lowest BCUT2D eigenvalue weighted by atomic mass is 10.1. The first-order chi connectivity index (χ1) is 20.4. The number of ether oxygens (including phenoxy) is 2. The van der Waals surface area contributed by atoms with Crippen molar-refractivity contribution in [3.05, 3.63) is 52.2 Å². The Morgan fingerprint density at radius 1 is 1.16 bits per heavy atom. The predicted molar refractivity (Wildman–Crippen MR) is 150 cm³/mol. The number of halogens is 6. The zero-order valence-electron chi connectivity index (χ0n) is 24.5. The SMILES string of the molecule is Cc1cc(C(F)(F)F)cc(N2C(=O)N(CC3CN(C(=O)OC(C)(C)C)CCO3)C[C@H]2C(=O)N(C)c2ccc(F)c(Cl)c2F)n1. The first kappa shape index (κ1) is 33.2. The van der Waals surface area contributed by atoms with Crippen LogP contribution in [0.3, 0.4) is 0 Å². The summed E-state index contributed by atoms with van der Waals surface area (Å²) in [7, 11) is 1.16. The van der Waals surface area contributed by atoms with Gasteiger partial charge >= 0.3 is 18.3 Å². The molecule has 240 valence electrons. The minimum atomic E-state index is -4.78. The first-order valence-corrected chi connectivity index (χ1v) is 13.9. The van der Waals surface area contributed by atoms with E-state index in [2.05, 4.69) is 4.98 Å². The number of nitrogens with zero attached hydrogens (tertiary/aromatic N) is 5. The zero-order valence-corrected chi connectivity index (χ0v) is 25.3. The summed E-state index contributed by atoms with van der Waals surface area (Å²) in [4.78, 5) is 48.4. The monoisotopic (exact) mass is 647 g/mol. The number of morpholine rings is 1. The van der Waals surface area contributed by atoms with Crippen LogP contribution in [0.2, 0.25) is 5.02 Å². The van der Waals surface area contributed by atoms with Gasteiger partial charge in [0.2, 0.25) is 0 Å². The van der Waals surface area contributed by atoms with Crippen LogP contribution in [0.1, 0.15) is 32.0 Å². The minimum Gasteiger partial charge on any atom is -0.444 e. The predicted octanol–water partition coefficient (Wildman–Crippen LogP) is 5.25. The molecule has 2 aliphatic rings. The van der Waals surface area contributed by atoms with Crippen LogP contribution in [0.25, 0.3) is 0 Å². The number of alkyl halides is 3. The number of anilines is 2. The smallest absolute Gasteiger partial charge is 0.416 e. The molecule has 0 bridgehead atoms. The third-order valence-electron chi connectivity index (χ3n) is 6.90. The second-order valence-corrected chi connectivity index (χ2v) is 11.8. The number of likely N-dealkylation sites (N-methyl/N-ethyl adjacent to an activating group) is 1. The number of hydrogen-bond donors (Lipinski definition) is 0. The number of carbonyl (C=O) groups excluding carboxylic acids is 3. The molecule has 1 aromatic heterocycles. The van der Waals surface area contributed by atoms with Gasteiger partial charge in [0.1, 0.15) is 28.3 Å². The number of pyridine rings is 1. The van der Waals surface area contributed by atoms with Gasteiger partial charge in [-0.1, -0.05) is 11.6 Å². The molecule has 0 aliphatic carbocycles. The Morgan fingerprint density at radius 2 is 1.84 bits per heavy atom. The molecule has 4 rings (SSSR count). The summed E-state index contributed by atoms with van der Waals surface area (Å²) in [5.74, 6) is -3.65. The van der Waals surface area contributed by atoms with Gasteiger partial charge in [-0.05, 0) is 52.0 Å². The largest absolute Gasteiger partial charge is 0.444 e. The maximum atomic E-state index is 14.8. The Morgan fingerprint density at radius 3 is 2.48 bits per heavy atom. The Balaban J connectivity index is 1.66. The molecule has 2 aliphatic heterocycles. The molecular formula is C28H31ClF5N5O5. The molecule has 0 saturated carbocycles. The molecule has 1 unspecified atom stereocenters. The highest BCUT2D eigenvalue weighted by atomic mass is 35.5. The number of aryl methyl sites for hydroxylation is 1. The summed E-state index contributed by atoms with van der Waals surface area (Å²) in [5, 5.41) is -0.859. The second-order valence-electron chi connectivity index (χ2n) is 11.4. The number of carbonyl (C=O) groups is 3. The maximum absolute atomic E-state index is 14.8. The normalized spacial score (nSPS) is 19.4. The fourth-order valence-electron chi connectivity index (χ4n) is 4.88. The molecule has 1 aromatic carbocycles. The molecular weight excluding hydrogens is 617 g/mol. The second kappa shape index (κ2) is 12.3. The van der Waals surface area contributed by atoms with Crippen LogP contribution in [0.4, 0.5) is 43.0 Å². The highest BCUT2D eigenvalue weighted by molar-refractivity contribution is 6.31. The molecule has 2 fully saturated rings. The maximum Gasteiger partial charge on any atom is 0.416 e.